The van der Waals surface area contributed by atoms with Crippen molar-refractivity contribution < 1.29 is 14.3 Å². The molecule has 0 aromatic carbocycles. The average Bonchev–Trinajstić information content (AvgIpc) is 2.54. The second-order valence-corrected chi connectivity index (χ2v) is 4.51. The van der Waals surface area contributed by atoms with E-state index in [1.807, 2.05) is 11.8 Å². The monoisotopic (exact) mass is 295 g/mol. The van der Waals surface area contributed by atoms with E-state index in [0.717, 1.165) is 0 Å². The minimum absolute atomic E-state index is 0.0797. The number of rotatable bonds is 5. The van der Waals surface area contributed by atoms with Crippen molar-refractivity contribution in [2.75, 3.05) is 50.7 Å². The molecule has 2 heterocycles. The number of anilines is 2. The summed E-state index contributed by atoms with van der Waals surface area (Å²) < 4.78 is 10.8. The van der Waals surface area contributed by atoms with Crippen molar-refractivity contribution in [3.8, 4) is 5.75 Å². The first kappa shape index (κ1) is 15.3. The van der Waals surface area contributed by atoms with Gasteiger partial charge in [0.05, 0.1) is 20.3 Å². The van der Waals surface area contributed by atoms with Crippen LogP contribution in [0.25, 0.3) is 0 Å². The molecule has 8 heteroatoms. The third-order valence-corrected chi connectivity index (χ3v) is 3.28. The molecule has 1 atom stereocenters. The zero-order chi connectivity index (χ0) is 15.2. The van der Waals surface area contributed by atoms with Crippen LogP contribution >= 0.6 is 0 Å². The van der Waals surface area contributed by atoms with Crippen LogP contribution in [0, 0.1) is 0 Å². The fraction of sp³-hybridized carbons (Fsp3) is 0.615. The minimum Gasteiger partial charge on any atom is -0.490 e. The number of hydrogen-bond donors (Lipinski definition) is 2. The number of ether oxygens (including phenoxy) is 2. The van der Waals surface area contributed by atoms with Crippen LogP contribution in [0.2, 0.25) is 0 Å². The van der Waals surface area contributed by atoms with Crippen LogP contribution in [0.3, 0.4) is 0 Å². The van der Waals surface area contributed by atoms with Gasteiger partial charge >= 0.3 is 0 Å². The summed E-state index contributed by atoms with van der Waals surface area (Å²) in [5.74, 6) is 1.63. The second kappa shape index (κ2) is 7.07. The van der Waals surface area contributed by atoms with Gasteiger partial charge in [-0.2, -0.15) is 0 Å². The largest absolute Gasteiger partial charge is 0.490 e. The Morgan fingerprint density at radius 3 is 3.05 bits per heavy atom. The Morgan fingerprint density at radius 1 is 1.57 bits per heavy atom. The van der Waals surface area contributed by atoms with Crippen molar-refractivity contribution in [2.24, 2.45) is 0 Å². The smallest absolute Gasteiger partial charge is 0.245 e. The molecule has 1 amide bonds. The minimum atomic E-state index is -0.424. The molecule has 1 aliphatic rings. The van der Waals surface area contributed by atoms with Crippen LogP contribution in [0.4, 0.5) is 11.6 Å². The van der Waals surface area contributed by atoms with Crippen LogP contribution in [-0.4, -0.2) is 62.4 Å². The van der Waals surface area contributed by atoms with Crippen molar-refractivity contribution in [2.45, 2.75) is 13.0 Å². The lowest BCUT2D eigenvalue weighted by Crippen LogP contribution is -2.54. The maximum absolute atomic E-state index is 12.2. The zero-order valence-corrected chi connectivity index (χ0v) is 12.5. The quantitative estimate of drug-likeness (QED) is 0.782. The Balaban J connectivity index is 2.35. The highest BCUT2D eigenvalue weighted by molar-refractivity contribution is 5.86. The first-order chi connectivity index (χ1) is 10.2. The molecular formula is C13H21N5O3. The van der Waals surface area contributed by atoms with E-state index in [4.69, 9.17) is 9.47 Å². The maximum atomic E-state index is 12.2. The normalized spacial score (nSPS) is 18.2. The highest BCUT2D eigenvalue weighted by Crippen LogP contribution is 2.33. The molecule has 0 aliphatic carbocycles. The van der Waals surface area contributed by atoms with Crippen LogP contribution in [-0.2, 0) is 9.53 Å². The molecule has 1 fully saturated rings. The summed E-state index contributed by atoms with van der Waals surface area (Å²) in [4.78, 5) is 22.5. The highest BCUT2D eigenvalue weighted by Gasteiger charge is 2.32. The summed E-state index contributed by atoms with van der Waals surface area (Å²) in [6, 6.07) is -0.424. The third kappa shape index (κ3) is 3.15. The first-order valence-electron chi connectivity index (χ1n) is 6.91. The van der Waals surface area contributed by atoms with Crippen molar-refractivity contribution in [1.29, 1.82) is 0 Å². The van der Waals surface area contributed by atoms with Gasteiger partial charge in [0.15, 0.2) is 11.6 Å². The molecule has 0 saturated carbocycles. The zero-order valence-electron chi connectivity index (χ0n) is 12.5. The van der Waals surface area contributed by atoms with Crippen LogP contribution in [0.5, 0.6) is 5.75 Å². The number of nitrogens with zero attached hydrogens (tertiary/aromatic N) is 3. The predicted molar refractivity (Wildman–Crippen MR) is 78.8 cm³/mol. The number of aromatic nitrogens is 2. The molecule has 116 valence electrons. The van der Waals surface area contributed by atoms with Crippen molar-refractivity contribution >= 4 is 17.5 Å². The highest BCUT2D eigenvalue weighted by atomic mass is 16.5. The number of likely N-dealkylation sites (N-methyl/N-ethyl adjacent to an activating group) is 1. The number of hydrogen-bond acceptors (Lipinski definition) is 7. The molecule has 2 rings (SSSR count). The van der Waals surface area contributed by atoms with Gasteiger partial charge in [0.2, 0.25) is 11.7 Å². The van der Waals surface area contributed by atoms with Gasteiger partial charge in [-0.3, -0.25) is 4.79 Å². The van der Waals surface area contributed by atoms with Crippen molar-refractivity contribution in [3.05, 3.63) is 6.33 Å². The van der Waals surface area contributed by atoms with Gasteiger partial charge in [0.25, 0.3) is 0 Å². The van der Waals surface area contributed by atoms with E-state index in [1.54, 1.807) is 14.2 Å². The molecule has 1 unspecified atom stereocenters. The molecule has 0 bridgehead atoms. The lowest BCUT2D eigenvalue weighted by Gasteiger charge is -2.36. The molecule has 1 saturated heterocycles. The van der Waals surface area contributed by atoms with Crippen LogP contribution < -0.4 is 20.3 Å². The van der Waals surface area contributed by atoms with E-state index < -0.39 is 6.04 Å². The van der Waals surface area contributed by atoms with Gasteiger partial charge in [0.1, 0.15) is 12.4 Å². The first-order valence-corrected chi connectivity index (χ1v) is 6.91. The Labute approximate surface area is 123 Å². The summed E-state index contributed by atoms with van der Waals surface area (Å²) in [5.41, 5.74) is 0. The topological polar surface area (TPSA) is 88.6 Å². The number of carbonyl (C=O) groups excluding carboxylic acids is 1. The van der Waals surface area contributed by atoms with E-state index >= 15 is 0 Å². The number of amides is 1. The van der Waals surface area contributed by atoms with Gasteiger partial charge in [-0.15, -0.1) is 0 Å². The van der Waals surface area contributed by atoms with Gasteiger partial charge < -0.3 is 25.0 Å². The lowest BCUT2D eigenvalue weighted by molar-refractivity contribution is -0.124. The van der Waals surface area contributed by atoms with E-state index in [2.05, 4.69) is 20.6 Å². The fourth-order valence-electron chi connectivity index (χ4n) is 2.30. The number of morpholine rings is 1. The molecule has 0 spiro atoms. The molecule has 1 aromatic rings. The Hall–Kier alpha value is -2.09. The predicted octanol–water partition coefficient (Wildman–Crippen LogP) is -0.132. The average molecular weight is 295 g/mol. The Morgan fingerprint density at radius 2 is 2.38 bits per heavy atom. The SMILES string of the molecule is CCNC(=O)C1COCCN1c1ncnc(NC)c1OC. The van der Waals surface area contributed by atoms with E-state index in [9.17, 15) is 4.79 Å². The molecule has 1 aromatic heterocycles. The van der Waals surface area contributed by atoms with Crippen molar-refractivity contribution in [1.82, 2.24) is 15.3 Å². The van der Waals surface area contributed by atoms with Gasteiger partial charge in [-0.1, -0.05) is 0 Å². The van der Waals surface area contributed by atoms with Crippen LogP contribution in [0.1, 0.15) is 6.92 Å². The molecule has 2 N–H and O–H groups in total. The summed E-state index contributed by atoms with van der Waals surface area (Å²) >= 11 is 0. The molecule has 1 aliphatic heterocycles. The molecule has 0 radical (unpaired) electrons. The van der Waals surface area contributed by atoms with Crippen LogP contribution in [0.15, 0.2) is 6.33 Å². The maximum Gasteiger partial charge on any atom is 0.245 e. The molecule has 8 nitrogen and oxygen atoms in total. The van der Waals surface area contributed by atoms with E-state index in [1.165, 1.54) is 6.33 Å². The summed E-state index contributed by atoms with van der Waals surface area (Å²) in [6.07, 6.45) is 1.45. The Bertz CT molecular complexity index is 497. The second-order valence-electron chi connectivity index (χ2n) is 4.51. The number of nitrogens with one attached hydrogen (secondary N) is 2. The Kier molecular flexibility index (Phi) is 5.15. The third-order valence-electron chi connectivity index (χ3n) is 3.28. The lowest BCUT2D eigenvalue weighted by atomic mass is 10.2. The fourth-order valence-corrected chi connectivity index (χ4v) is 2.30. The van der Waals surface area contributed by atoms with E-state index in [-0.39, 0.29) is 5.91 Å². The number of carbonyl (C=O) groups is 1. The summed E-state index contributed by atoms with van der Waals surface area (Å²) in [5, 5.41) is 5.78. The number of methoxy groups -OCH3 is 1. The van der Waals surface area contributed by atoms with Crippen molar-refractivity contribution in [3.63, 3.8) is 0 Å². The standard InChI is InChI=1S/C13H21N5O3/c1-4-15-13(19)9-7-21-6-5-18(9)12-10(20-3)11(14-2)16-8-17-12/h8-9H,4-7H2,1-3H3,(H,15,19)(H,14,16,17). The van der Waals surface area contributed by atoms with E-state index in [0.29, 0.717) is 43.7 Å². The van der Waals surface area contributed by atoms with Gasteiger partial charge in [-0.05, 0) is 6.92 Å². The van der Waals surface area contributed by atoms with Gasteiger partial charge in [0, 0.05) is 20.1 Å². The summed E-state index contributed by atoms with van der Waals surface area (Å²) in [7, 11) is 3.32. The molecule has 21 heavy (non-hydrogen) atoms. The summed E-state index contributed by atoms with van der Waals surface area (Å²) in [6.45, 7) is 3.90. The van der Waals surface area contributed by atoms with Gasteiger partial charge in [-0.25, -0.2) is 9.97 Å². The molecular weight excluding hydrogens is 274 g/mol.